The van der Waals surface area contributed by atoms with Gasteiger partial charge >= 0.3 is 0 Å². The molecule has 0 N–H and O–H groups in total. The predicted octanol–water partition coefficient (Wildman–Crippen LogP) is 4.23. The Kier molecular flexibility index (Phi) is 8.29. The molecule has 0 bridgehead atoms. The highest BCUT2D eigenvalue weighted by molar-refractivity contribution is 5.91. The van der Waals surface area contributed by atoms with Crippen molar-refractivity contribution in [3.05, 3.63) is 65.1 Å². The van der Waals surface area contributed by atoms with Crippen LogP contribution in [0.25, 0.3) is 0 Å². The first-order chi connectivity index (χ1) is 16.4. The third kappa shape index (κ3) is 5.57. The lowest BCUT2D eigenvalue weighted by atomic mass is 10.1. The van der Waals surface area contributed by atoms with E-state index in [0.29, 0.717) is 53.9 Å². The van der Waals surface area contributed by atoms with E-state index in [9.17, 15) is 4.79 Å². The highest BCUT2D eigenvalue weighted by atomic mass is 16.5. The highest BCUT2D eigenvalue weighted by Gasteiger charge is 2.19. The quantitative estimate of drug-likeness (QED) is 0.416. The van der Waals surface area contributed by atoms with Gasteiger partial charge in [-0.25, -0.2) is 0 Å². The molecule has 3 aromatic rings. The minimum atomic E-state index is -0.194. The van der Waals surface area contributed by atoms with Crippen LogP contribution in [0.1, 0.15) is 27.4 Å². The molecule has 2 aromatic carbocycles. The van der Waals surface area contributed by atoms with Crippen LogP contribution in [-0.4, -0.2) is 59.9 Å². The van der Waals surface area contributed by atoms with E-state index in [-0.39, 0.29) is 11.7 Å². The van der Waals surface area contributed by atoms with Crippen molar-refractivity contribution in [1.29, 1.82) is 0 Å². The van der Waals surface area contributed by atoms with Crippen LogP contribution >= 0.6 is 0 Å². The van der Waals surface area contributed by atoms with Crippen molar-refractivity contribution in [2.24, 2.45) is 0 Å². The number of carbonyl (C=O) groups excluding carboxylic acids is 1. The standard InChI is InChI=1S/C26H31NO7/c1-27(12-11-17-7-9-21(30-3)25(13-17)33-6)26(28)22-10-8-18(34-22)14-20-23(31-4)15-19(29-2)16-24(20)32-5/h7-10,13,15-16H,11-12,14H2,1-6H3. The van der Waals surface area contributed by atoms with E-state index < -0.39 is 0 Å². The predicted molar refractivity (Wildman–Crippen MR) is 128 cm³/mol. The summed E-state index contributed by atoms with van der Waals surface area (Å²) in [6.07, 6.45) is 1.06. The van der Waals surface area contributed by atoms with E-state index in [1.165, 1.54) is 0 Å². The zero-order valence-electron chi connectivity index (χ0n) is 20.5. The molecule has 182 valence electrons. The van der Waals surface area contributed by atoms with Crippen LogP contribution < -0.4 is 23.7 Å². The van der Waals surface area contributed by atoms with Gasteiger partial charge in [0.1, 0.15) is 23.0 Å². The number of hydrogen-bond donors (Lipinski definition) is 0. The largest absolute Gasteiger partial charge is 0.496 e. The number of likely N-dealkylation sites (N-methyl/N-ethyl adjacent to an activating group) is 1. The first-order valence-corrected chi connectivity index (χ1v) is 10.8. The second kappa shape index (κ2) is 11.4. The summed E-state index contributed by atoms with van der Waals surface area (Å²) in [4.78, 5) is 14.5. The van der Waals surface area contributed by atoms with Crippen LogP contribution in [0.2, 0.25) is 0 Å². The summed E-state index contributed by atoms with van der Waals surface area (Å²) < 4.78 is 32.8. The van der Waals surface area contributed by atoms with E-state index in [0.717, 1.165) is 11.1 Å². The SMILES string of the molecule is COc1cc(OC)c(Cc2ccc(C(=O)N(C)CCc3ccc(OC)c(OC)c3)o2)c(OC)c1. The van der Waals surface area contributed by atoms with Crippen molar-refractivity contribution < 1.29 is 32.9 Å². The Morgan fingerprint density at radius 1 is 0.794 bits per heavy atom. The van der Waals surface area contributed by atoms with Gasteiger partial charge in [-0.05, 0) is 36.2 Å². The van der Waals surface area contributed by atoms with Crippen LogP contribution in [0, 0.1) is 0 Å². The van der Waals surface area contributed by atoms with Gasteiger partial charge in [-0.3, -0.25) is 4.79 Å². The molecular formula is C26H31NO7. The molecule has 34 heavy (non-hydrogen) atoms. The van der Waals surface area contributed by atoms with E-state index >= 15 is 0 Å². The molecular weight excluding hydrogens is 438 g/mol. The second-order valence-electron chi connectivity index (χ2n) is 7.62. The number of rotatable bonds is 11. The summed E-state index contributed by atoms with van der Waals surface area (Å²) in [5.41, 5.74) is 1.84. The summed E-state index contributed by atoms with van der Waals surface area (Å²) in [7, 11) is 9.70. The maximum Gasteiger partial charge on any atom is 0.289 e. The fourth-order valence-electron chi connectivity index (χ4n) is 3.64. The van der Waals surface area contributed by atoms with Crippen molar-refractivity contribution in [3.63, 3.8) is 0 Å². The smallest absolute Gasteiger partial charge is 0.289 e. The highest BCUT2D eigenvalue weighted by Crippen LogP contribution is 2.36. The summed E-state index contributed by atoms with van der Waals surface area (Å²) in [5.74, 6) is 3.90. The molecule has 0 radical (unpaired) electrons. The van der Waals surface area contributed by atoms with Crippen molar-refractivity contribution in [2.45, 2.75) is 12.8 Å². The van der Waals surface area contributed by atoms with Gasteiger partial charge in [-0.2, -0.15) is 0 Å². The Hall–Kier alpha value is -3.81. The maximum absolute atomic E-state index is 12.9. The lowest BCUT2D eigenvalue weighted by molar-refractivity contribution is 0.0763. The summed E-state index contributed by atoms with van der Waals surface area (Å²) in [5, 5.41) is 0. The Bertz CT molecular complexity index is 1100. The van der Waals surface area contributed by atoms with Gasteiger partial charge in [0.2, 0.25) is 0 Å². The Morgan fingerprint density at radius 3 is 2.03 bits per heavy atom. The Labute approximate surface area is 199 Å². The number of nitrogens with zero attached hydrogens (tertiary/aromatic N) is 1. The molecule has 1 heterocycles. The van der Waals surface area contributed by atoms with E-state index in [4.69, 9.17) is 28.1 Å². The van der Waals surface area contributed by atoms with E-state index in [1.54, 1.807) is 71.8 Å². The maximum atomic E-state index is 12.9. The summed E-state index contributed by atoms with van der Waals surface area (Å²) in [6.45, 7) is 0.518. The molecule has 1 aromatic heterocycles. The molecule has 8 nitrogen and oxygen atoms in total. The van der Waals surface area contributed by atoms with Crippen molar-refractivity contribution in [2.75, 3.05) is 49.1 Å². The molecule has 0 saturated carbocycles. The molecule has 0 spiro atoms. The summed E-state index contributed by atoms with van der Waals surface area (Å²) in [6, 6.07) is 12.8. The van der Waals surface area contributed by atoms with E-state index in [1.807, 2.05) is 18.2 Å². The van der Waals surface area contributed by atoms with Gasteiger partial charge in [-0.1, -0.05) is 6.07 Å². The zero-order chi connectivity index (χ0) is 24.7. The normalized spacial score (nSPS) is 10.5. The third-order valence-electron chi connectivity index (χ3n) is 5.57. The van der Waals surface area contributed by atoms with Crippen LogP contribution in [0.4, 0.5) is 0 Å². The number of amides is 1. The molecule has 8 heteroatoms. The van der Waals surface area contributed by atoms with Crippen LogP contribution in [0.5, 0.6) is 28.7 Å². The molecule has 1 amide bonds. The first-order valence-electron chi connectivity index (χ1n) is 10.8. The van der Waals surface area contributed by atoms with Crippen molar-refractivity contribution >= 4 is 5.91 Å². The van der Waals surface area contributed by atoms with Crippen molar-refractivity contribution in [3.8, 4) is 28.7 Å². The lowest BCUT2D eigenvalue weighted by Gasteiger charge is -2.16. The average molecular weight is 470 g/mol. The fraction of sp³-hybridized carbons (Fsp3) is 0.346. The van der Waals surface area contributed by atoms with Crippen LogP contribution in [0.3, 0.4) is 0 Å². The van der Waals surface area contributed by atoms with Crippen molar-refractivity contribution in [1.82, 2.24) is 4.90 Å². The Balaban J connectivity index is 1.68. The number of furan rings is 1. The van der Waals surface area contributed by atoms with Gasteiger partial charge in [0.15, 0.2) is 17.3 Å². The molecule has 0 aliphatic carbocycles. The zero-order valence-corrected chi connectivity index (χ0v) is 20.5. The van der Waals surface area contributed by atoms with Gasteiger partial charge in [0, 0.05) is 37.7 Å². The molecule has 0 aliphatic heterocycles. The molecule has 0 unspecified atom stereocenters. The van der Waals surface area contributed by atoms with Gasteiger partial charge in [0.25, 0.3) is 5.91 Å². The first kappa shape index (κ1) is 24.8. The minimum absolute atomic E-state index is 0.194. The molecule has 0 atom stereocenters. The number of carbonyl (C=O) groups is 1. The number of methoxy groups -OCH3 is 5. The molecule has 0 saturated heterocycles. The van der Waals surface area contributed by atoms with Gasteiger partial charge < -0.3 is 33.0 Å². The van der Waals surface area contributed by atoms with Crippen LogP contribution in [0.15, 0.2) is 46.9 Å². The number of benzene rings is 2. The topological polar surface area (TPSA) is 79.6 Å². The minimum Gasteiger partial charge on any atom is -0.496 e. The second-order valence-corrected chi connectivity index (χ2v) is 7.62. The number of hydrogen-bond acceptors (Lipinski definition) is 7. The van der Waals surface area contributed by atoms with Gasteiger partial charge in [-0.15, -0.1) is 0 Å². The third-order valence-corrected chi connectivity index (χ3v) is 5.57. The monoisotopic (exact) mass is 469 g/mol. The van der Waals surface area contributed by atoms with E-state index in [2.05, 4.69) is 0 Å². The molecule has 0 aliphatic rings. The Morgan fingerprint density at radius 2 is 1.44 bits per heavy atom. The van der Waals surface area contributed by atoms with Gasteiger partial charge in [0.05, 0.1) is 35.5 Å². The van der Waals surface area contributed by atoms with Crippen LogP contribution in [-0.2, 0) is 12.8 Å². The fourth-order valence-corrected chi connectivity index (χ4v) is 3.64. The number of ether oxygens (including phenoxy) is 5. The lowest BCUT2D eigenvalue weighted by Crippen LogP contribution is -2.28. The summed E-state index contributed by atoms with van der Waals surface area (Å²) >= 11 is 0. The molecule has 3 rings (SSSR count). The average Bonchev–Trinajstić information content (AvgIpc) is 3.34. The molecule has 0 fully saturated rings.